The molecular weight excluding hydrogens is 204 g/mol. The van der Waals surface area contributed by atoms with Crippen LogP contribution in [-0.4, -0.2) is 50.2 Å². The lowest BCUT2D eigenvalue weighted by molar-refractivity contribution is -0.138. The Morgan fingerprint density at radius 2 is 1.81 bits per heavy atom. The van der Waals surface area contributed by atoms with Gasteiger partial charge in [-0.25, -0.2) is 0 Å². The van der Waals surface area contributed by atoms with Crippen LogP contribution in [-0.2, 0) is 9.53 Å². The Balaban J connectivity index is 0.000000293. The molecule has 4 heteroatoms. The van der Waals surface area contributed by atoms with Gasteiger partial charge in [0.05, 0.1) is 0 Å². The van der Waals surface area contributed by atoms with Gasteiger partial charge in [0.2, 0.25) is 0 Å². The molecule has 0 aliphatic carbocycles. The fraction of sp³-hybridized carbons (Fsp3) is 0.917. The smallest absolute Gasteiger partial charge is 0.293 e. The molecule has 1 saturated heterocycles. The van der Waals surface area contributed by atoms with Crippen LogP contribution in [0.1, 0.15) is 33.6 Å². The van der Waals surface area contributed by atoms with Crippen LogP contribution in [0.2, 0.25) is 0 Å². The van der Waals surface area contributed by atoms with E-state index in [0.717, 1.165) is 6.04 Å². The molecule has 0 amide bonds. The third-order valence-electron chi connectivity index (χ3n) is 2.53. The summed E-state index contributed by atoms with van der Waals surface area (Å²) in [4.78, 5) is 12.0. The number of piperidine rings is 1. The average molecular weight is 230 g/mol. The summed E-state index contributed by atoms with van der Waals surface area (Å²) < 4.78 is 4.55. The van der Waals surface area contributed by atoms with E-state index in [2.05, 4.69) is 29.0 Å². The summed E-state index contributed by atoms with van der Waals surface area (Å²) in [6, 6.07) is 0.779. The molecule has 1 fully saturated rings. The SMILES string of the molecule is CC(C)(C)OC=O.CNC1CCN(C)CC1. The predicted molar refractivity (Wildman–Crippen MR) is 66.5 cm³/mol. The van der Waals surface area contributed by atoms with E-state index in [4.69, 9.17) is 0 Å². The predicted octanol–water partition coefficient (Wildman–Crippen LogP) is 1.26. The van der Waals surface area contributed by atoms with Gasteiger partial charge in [-0.15, -0.1) is 0 Å². The second kappa shape index (κ2) is 7.63. The average Bonchev–Trinajstić information content (AvgIpc) is 2.18. The van der Waals surface area contributed by atoms with E-state index in [1.54, 1.807) is 0 Å². The van der Waals surface area contributed by atoms with Crippen molar-refractivity contribution >= 4 is 6.47 Å². The van der Waals surface area contributed by atoms with Gasteiger partial charge in [0.25, 0.3) is 6.47 Å². The Kier molecular flexibility index (Phi) is 7.34. The van der Waals surface area contributed by atoms with Crippen LogP contribution in [0.25, 0.3) is 0 Å². The van der Waals surface area contributed by atoms with E-state index >= 15 is 0 Å². The number of carbonyl (C=O) groups excluding carboxylic acids is 1. The number of nitrogens with one attached hydrogen (secondary N) is 1. The lowest BCUT2D eigenvalue weighted by Crippen LogP contribution is -2.39. The fourth-order valence-corrected chi connectivity index (χ4v) is 1.44. The maximum atomic E-state index is 9.60. The van der Waals surface area contributed by atoms with Crippen LogP contribution in [0.5, 0.6) is 0 Å². The van der Waals surface area contributed by atoms with Gasteiger partial charge >= 0.3 is 0 Å². The molecule has 0 unspecified atom stereocenters. The molecule has 1 rings (SSSR count). The van der Waals surface area contributed by atoms with Gasteiger partial charge in [-0.05, 0) is 60.8 Å². The van der Waals surface area contributed by atoms with Crippen molar-refractivity contribution in [1.82, 2.24) is 10.2 Å². The number of carbonyl (C=O) groups is 1. The molecular formula is C12H26N2O2. The maximum absolute atomic E-state index is 9.60. The van der Waals surface area contributed by atoms with Crippen LogP contribution in [0.3, 0.4) is 0 Å². The minimum Gasteiger partial charge on any atom is -0.462 e. The van der Waals surface area contributed by atoms with Gasteiger partial charge in [-0.3, -0.25) is 4.79 Å². The van der Waals surface area contributed by atoms with E-state index in [-0.39, 0.29) is 5.60 Å². The quantitative estimate of drug-likeness (QED) is 0.725. The van der Waals surface area contributed by atoms with Crippen molar-refractivity contribution < 1.29 is 9.53 Å². The molecule has 0 spiro atoms. The summed E-state index contributed by atoms with van der Waals surface area (Å²) in [6.45, 7) is 8.43. The second-order valence-corrected chi connectivity index (χ2v) is 5.19. The minimum atomic E-state index is -0.318. The lowest BCUT2D eigenvalue weighted by Gasteiger charge is -2.28. The first-order valence-electron chi connectivity index (χ1n) is 5.86. The van der Waals surface area contributed by atoms with Gasteiger partial charge in [-0.2, -0.15) is 0 Å². The summed E-state index contributed by atoms with van der Waals surface area (Å²) in [7, 11) is 4.24. The zero-order chi connectivity index (χ0) is 12.6. The van der Waals surface area contributed by atoms with Crippen molar-refractivity contribution in [3.05, 3.63) is 0 Å². The van der Waals surface area contributed by atoms with Crippen LogP contribution >= 0.6 is 0 Å². The van der Waals surface area contributed by atoms with Gasteiger partial charge in [0.15, 0.2) is 0 Å². The standard InChI is InChI=1S/C7H16N2.C5H10O2/c1-8-7-3-5-9(2)6-4-7;1-5(2,3)7-4-6/h7-8H,3-6H2,1-2H3;4H,1-3H3. The van der Waals surface area contributed by atoms with Crippen molar-refractivity contribution in [2.24, 2.45) is 0 Å². The monoisotopic (exact) mass is 230 g/mol. The first-order valence-corrected chi connectivity index (χ1v) is 5.86. The summed E-state index contributed by atoms with van der Waals surface area (Å²) in [6.07, 6.45) is 2.62. The van der Waals surface area contributed by atoms with Crippen molar-refractivity contribution in [2.75, 3.05) is 27.2 Å². The number of hydrogen-bond donors (Lipinski definition) is 1. The maximum Gasteiger partial charge on any atom is 0.293 e. The summed E-state index contributed by atoms with van der Waals surface area (Å²) >= 11 is 0. The highest BCUT2D eigenvalue weighted by atomic mass is 16.5. The molecule has 0 saturated carbocycles. The molecule has 1 N–H and O–H groups in total. The Bertz CT molecular complexity index is 182. The molecule has 1 aliphatic rings. The first-order chi connectivity index (χ1) is 7.39. The van der Waals surface area contributed by atoms with Gasteiger partial charge < -0.3 is 15.0 Å². The molecule has 1 heterocycles. The fourth-order valence-electron chi connectivity index (χ4n) is 1.44. The summed E-state index contributed by atoms with van der Waals surface area (Å²) in [5, 5.41) is 3.30. The van der Waals surface area contributed by atoms with Gasteiger partial charge in [0.1, 0.15) is 5.60 Å². The molecule has 4 nitrogen and oxygen atoms in total. The highest BCUT2D eigenvalue weighted by Crippen LogP contribution is 2.06. The number of nitrogens with zero attached hydrogens (tertiary/aromatic N) is 1. The molecule has 1 aliphatic heterocycles. The molecule has 0 aromatic rings. The van der Waals surface area contributed by atoms with Crippen molar-refractivity contribution in [3.63, 3.8) is 0 Å². The molecule has 16 heavy (non-hydrogen) atoms. The van der Waals surface area contributed by atoms with Crippen LogP contribution in [0.4, 0.5) is 0 Å². The highest BCUT2D eigenvalue weighted by molar-refractivity contribution is 5.37. The Hall–Kier alpha value is -0.610. The van der Waals surface area contributed by atoms with Gasteiger partial charge in [-0.1, -0.05) is 0 Å². The second-order valence-electron chi connectivity index (χ2n) is 5.19. The Labute approximate surface area is 99.3 Å². The van der Waals surface area contributed by atoms with Gasteiger partial charge in [0, 0.05) is 6.04 Å². The molecule has 0 bridgehead atoms. The summed E-state index contributed by atoms with van der Waals surface area (Å²) in [5.41, 5.74) is -0.318. The van der Waals surface area contributed by atoms with Crippen molar-refractivity contribution in [2.45, 2.75) is 45.3 Å². The number of likely N-dealkylation sites (tertiary alicyclic amines) is 1. The van der Waals surface area contributed by atoms with E-state index < -0.39 is 0 Å². The number of hydrogen-bond acceptors (Lipinski definition) is 4. The number of rotatable bonds is 2. The van der Waals surface area contributed by atoms with Crippen LogP contribution in [0, 0.1) is 0 Å². The molecule has 0 aromatic heterocycles. The molecule has 0 aromatic carbocycles. The number of ether oxygens (including phenoxy) is 1. The lowest BCUT2D eigenvalue weighted by atomic mass is 10.1. The Morgan fingerprint density at radius 1 is 1.31 bits per heavy atom. The largest absolute Gasteiger partial charge is 0.462 e. The third-order valence-corrected chi connectivity index (χ3v) is 2.53. The van der Waals surface area contributed by atoms with E-state index in [1.807, 2.05) is 20.8 Å². The highest BCUT2D eigenvalue weighted by Gasteiger charge is 2.13. The van der Waals surface area contributed by atoms with E-state index in [0.29, 0.717) is 6.47 Å². The van der Waals surface area contributed by atoms with E-state index in [9.17, 15) is 4.79 Å². The topological polar surface area (TPSA) is 41.6 Å². The molecule has 96 valence electrons. The summed E-state index contributed by atoms with van der Waals surface area (Å²) in [5.74, 6) is 0. The van der Waals surface area contributed by atoms with Crippen LogP contribution in [0.15, 0.2) is 0 Å². The van der Waals surface area contributed by atoms with Crippen molar-refractivity contribution in [1.29, 1.82) is 0 Å². The minimum absolute atomic E-state index is 0.318. The zero-order valence-corrected chi connectivity index (χ0v) is 11.2. The van der Waals surface area contributed by atoms with Crippen LogP contribution < -0.4 is 5.32 Å². The van der Waals surface area contributed by atoms with Crippen molar-refractivity contribution in [3.8, 4) is 0 Å². The molecule has 0 atom stereocenters. The first kappa shape index (κ1) is 15.4. The molecule has 0 radical (unpaired) electrons. The van der Waals surface area contributed by atoms with E-state index in [1.165, 1.54) is 25.9 Å². The zero-order valence-electron chi connectivity index (χ0n) is 11.2. The normalized spacial score (nSPS) is 18.6. The third kappa shape index (κ3) is 8.68. The Morgan fingerprint density at radius 3 is 2.06 bits per heavy atom.